The molecule has 9 heteroatoms. The maximum atomic E-state index is 5.30. The summed E-state index contributed by atoms with van der Waals surface area (Å²) in [4.78, 5) is 4.37. The average Bonchev–Trinajstić information content (AvgIpc) is 3.44. The summed E-state index contributed by atoms with van der Waals surface area (Å²) in [5, 5.41) is 13.5. The minimum Gasteiger partial charge on any atom is -0.497 e. The molecule has 0 unspecified atom stereocenters. The normalized spacial score (nSPS) is 10.9. The third kappa shape index (κ3) is 4.16. The van der Waals surface area contributed by atoms with Crippen LogP contribution in [0.2, 0.25) is 0 Å². The van der Waals surface area contributed by atoms with Crippen LogP contribution in [0.4, 0.5) is 0 Å². The minimum absolute atomic E-state index is 0.504. The fourth-order valence-electron chi connectivity index (χ4n) is 2.87. The van der Waals surface area contributed by atoms with Gasteiger partial charge in [0.25, 0.3) is 0 Å². The molecular formula is C21H21N5O3S. The van der Waals surface area contributed by atoms with Crippen molar-refractivity contribution in [3.63, 3.8) is 0 Å². The molecule has 0 bridgehead atoms. The summed E-state index contributed by atoms with van der Waals surface area (Å²) in [6, 6.07) is 15.5. The van der Waals surface area contributed by atoms with Crippen LogP contribution in [-0.2, 0) is 12.2 Å². The molecule has 0 amide bonds. The number of thioether (sulfide) groups is 1. The van der Waals surface area contributed by atoms with Crippen molar-refractivity contribution in [2.24, 2.45) is 0 Å². The minimum atomic E-state index is 0.504. The molecule has 8 nitrogen and oxygen atoms in total. The molecule has 4 rings (SSSR count). The first-order valence-electron chi connectivity index (χ1n) is 9.40. The highest BCUT2D eigenvalue weighted by Gasteiger charge is 2.18. The number of methoxy groups -OCH3 is 2. The Kier molecular flexibility index (Phi) is 5.99. The third-order valence-corrected chi connectivity index (χ3v) is 5.38. The topological polar surface area (TPSA) is 88.1 Å². The maximum absolute atomic E-state index is 5.30. The summed E-state index contributed by atoms with van der Waals surface area (Å²) >= 11 is 1.49. The molecule has 0 aliphatic rings. The SMILES string of the molecule is CCc1noc(CSc2nnc(-c3ccc(OC)cc3)n2-c2ccc(OC)cc2)n1. The quantitative estimate of drug-likeness (QED) is 0.390. The lowest BCUT2D eigenvalue weighted by atomic mass is 10.2. The number of aryl methyl sites for hydroxylation is 1. The van der Waals surface area contributed by atoms with E-state index in [1.807, 2.05) is 60.0 Å². The first-order chi connectivity index (χ1) is 14.7. The molecule has 2 aromatic carbocycles. The first-order valence-corrected chi connectivity index (χ1v) is 10.4. The number of hydrogen-bond donors (Lipinski definition) is 0. The van der Waals surface area contributed by atoms with Gasteiger partial charge in [-0.05, 0) is 48.5 Å². The van der Waals surface area contributed by atoms with Crippen molar-refractivity contribution in [2.45, 2.75) is 24.3 Å². The summed E-state index contributed by atoms with van der Waals surface area (Å²) in [6.07, 6.45) is 0.734. The van der Waals surface area contributed by atoms with Gasteiger partial charge in [-0.1, -0.05) is 23.8 Å². The molecule has 0 aliphatic carbocycles. The van der Waals surface area contributed by atoms with Gasteiger partial charge in [-0.3, -0.25) is 4.57 Å². The zero-order chi connectivity index (χ0) is 20.9. The molecule has 2 aromatic heterocycles. The van der Waals surface area contributed by atoms with Gasteiger partial charge in [-0.2, -0.15) is 4.98 Å². The first kappa shape index (κ1) is 20.0. The van der Waals surface area contributed by atoms with Crippen molar-refractivity contribution in [3.8, 4) is 28.6 Å². The molecule has 0 fully saturated rings. The zero-order valence-corrected chi connectivity index (χ0v) is 17.7. The molecule has 0 spiro atoms. The largest absolute Gasteiger partial charge is 0.497 e. The predicted molar refractivity (Wildman–Crippen MR) is 113 cm³/mol. The van der Waals surface area contributed by atoms with Gasteiger partial charge in [0.05, 0.1) is 20.0 Å². The highest BCUT2D eigenvalue weighted by atomic mass is 32.2. The Morgan fingerprint density at radius 1 is 0.933 bits per heavy atom. The second kappa shape index (κ2) is 9.00. The van der Waals surface area contributed by atoms with Gasteiger partial charge in [0.15, 0.2) is 16.8 Å². The monoisotopic (exact) mass is 423 g/mol. The standard InChI is InChI=1S/C21H21N5O3S/c1-4-18-22-19(29-25-18)13-30-21-24-23-20(14-5-9-16(27-2)10-6-14)26(21)15-7-11-17(28-3)12-8-15/h5-12H,4,13H2,1-3H3. The molecule has 4 aromatic rings. The van der Waals surface area contributed by atoms with Crippen LogP contribution in [0.15, 0.2) is 58.2 Å². The Morgan fingerprint density at radius 3 is 2.20 bits per heavy atom. The lowest BCUT2D eigenvalue weighted by Crippen LogP contribution is -2.00. The van der Waals surface area contributed by atoms with Crippen LogP contribution in [0, 0.1) is 0 Å². The van der Waals surface area contributed by atoms with Crippen LogP contribution in [0.5, 0.6) is 11.5 Å². The van der Waals surface area contributed by atoms with Gasteiger partial charge in [0.2, 0.25) is 5.89 Å². The molecule has 0 aliphatic heterocycles. The van der Waals surface area contributed by atoms with Crippen LogP contribution < -0.4 is 9.47 Å². The van der Waals surface area contributed by atoms with Gasteiger partial charge >= 0.3 is 0 Å². The van der Waals surface area contributed by atoms with Crippen molar-refractivity contribution in [2.75, 3.05) is 14.2 Å². The predicted octanol–water partition coefficient (Wildman–Crippen LogP) is 4.19. The van der Waals surface area contributed by atoms with E-state index < -0.39 is 0 Å². The second-order valence-corrected chi connectivity index (χ2v) is 7.26. The van der Waals surface area contributed by atoms with Gasteiger partial charge < -0.3 is 14.0 Å². The highest BCUT2D eigenvalue weighted by molar-refractivity contribution is 7.98. The smallest absolute Gasteiger partial charge is 0.237 e. The number of hydrogen-bond acceptors (Lipinski definition) is 8. The Balaban J connectivity index is 1.70. The third-order valence-electron chi connectivity index (χ3n) is 4.46. The van der Waals surface area contributed by atoms with Crippen molar-refractivity contribution >= 4 is 11.8 Å². The van der Waals surface area contributed by atoms with E-state index in [1.165, 1.54) is 11.8 Å². The average molecular weight is 423 g/mol. The number of benzene rings is 2. The van der Waals surface area contributed by atoms with E-state index in [0.29, 0.717) is 17.5 Å². The van der Waals surface area contributed by atoms with Crippen LogP contribution >= 0.6 is 11.8 Å². The molecule has 0 atom stereocenters. The maximum Gasteiger partial charge on any atom is 0.237 e. The molecule has 0 saturated heterocycles. The fourth-order valence-corrected chi connectivity index (χ4v) is 3.66. The lowest BCUT2D eigenvalue weighted by Gasteiger charge is -2.11. The van der Waals surface area contributed by atoms with Crippen molar-refractivity contribution in [1.29, 1.82) is 0 Å². The Hall–Kier alpha value is -3.33. The van der Waals surface area contributed by atoms with Crippen LogP contribution in [0.1, 0.15) is 18.6 Å². The van der Waals surface area contributed by atoms with Gasteiger partial charge in [-0.25, -0.2) is 0 Å². The van der Waals surface area contributed by atoms with E-state index in [2.05, 4.69) is 20.3 Å². The van der Waals surface area contributed by atoms with E-state index in [0.717, 1.165) is 40.2 Å². The Morgan fingerprint density at radius 2 is 1.60 bits per heavy atom. The van der Waals surface area contributed by atoms with Crippen molar-refractivity contribution < 1.29 is 14.0 Å². The lowest BCUT2D eigenvalue weighted by molar-refractivity contribution is 0.385. The molecule has 2 heterocycles. The van der Waals surface area contributed by atoms with E-state index >= 15 is 0 Å². The van der Waals surface area contributed by atoms with E-state index in [1.54, 1.807) is 14.2 Å². The molecule has 0 radical (unpaired) electrons. The number of rotatable bonds is 8. The van der Waals surface area contributed by atoms with E-state index in [-0.39, 0.29) is 0 Å². The summed E-state index contributed by atoms with van der Waals surface area (Å²) in [6.45, 7) is 1.99. The van der Waals surface area contributed by atoms with Gasteiger partial charge in [0, 0.05) is 17.7 Å². The molecule has 0 N–H and O–H groups in total. The summed E-state index contributed by atoms with van der Waals surface area (Å²) in [7, 11) is 3.29. The Bertz CT molecular complexity index is 1110. The summed E-state index contributed by atoms with van der Waals surface area (Å²) in [5.41, 5.74) is 1.85. The fraction of sp³-hybridized carbons (Fsp3) is 0.238. The molecule has 0 saturated carbocycles. The van der Waals surface area contributed by atoms with Crippen molar-refractivity contribution in [3.05, 3.63) is 60.2 Å². The summed E-state index contributed by atoms with van der Waals surface area (Å²) in [5.74, 6) is 4.06. The van der Waals surface area contributed by atoms with Gasteiger partial charge in [0.1, 0.15) is 11.5 Å². The van der Waals surface area contributed by atoms with Crippen LogP contribution in [0.25, 0.3) is 17.1 Å². The zero-order valence-electron chi connectivity index (χ0n) is 16.9. The number of ether oxygens (including phenoxy) is 2. The van der Waals surface area contributed by atoms with E-state index in [4.69, 9.17) is 14.0 Å². The number of aromatic nitrogens is 5. The van der Waals surface area contributed by atoms with Crippen LogP contribution in [-0.4, -0.2) is 39.1 Å². The second-order valence-electron chi connectivity index (χ2n) is 6.31. The van der Waals surface area contributed by atoms with Crippen LogP contribution in [0.3, 0.4) is 0 Å². The molecule has 154 valence electrons. The molecular weight excluding hydrogens is 402 g/mol. The molecule has 30 heavy (non-hydrogen) atoms. The summed E-state index contributed by atoms with van der Waals surface area (Å²) < 4.78 is 17.9. The number of nitrogens with zero attached hydrogens (tertiary/aromatic N) is 5. The highest BCUT2D eigenvalue weighted by Crippen LogP contribution is 2.31. The Labute approximate surface area is 178 Å². The van der Waals surface area contributed by atoms with Crippen molar-refractivity contribution in [1.82, 2.24) is 24.9 Å². The van der Waals surface area contributed by atoms with Gasteiger partial charge in [-0.15, -0.1) is 10.2 Å². The van der Waals surface area contributed by atoms with E-state index in [9.17, 15) is 0 Å².